The molecule has 9 heteroatoms. The van der Waals surface area contributed by atoms with Crippen molar-refractivity contribution in [1.82, 2.24) is 5.32 Å². The molecule has 7 atom stereocenters. The van der Waals surface area contributed by atoms with Gasteiger partial charge in [-0.25, -0.2) is 0 Å². The zero-order chi connectivity index (χ0) is 37.4. The van der Waals surface area contributed by atoms with Crippen LogP contribution in [0.4, 0.5) is 0 Å². The molecular formula is C42H77NO8. The number of unbranched alkanes of at least 4 members (excludes halogenated alkanes) is 19. The molecule has 1 aliphatic rings. The molecule has 0 radical (unpaired) electrons. The Hall–Kier alpha value is -1.59. The second-order valence-corrected chi connectivity index (χ2v) is 14.4. The van der Waals surface area contributed by atoms with Crippen molar-refractivity contribution in [3.8, 4) is 0 Å². The number of aliphatic hydroxyl groups is 5. The van der Waals surface area contributed by atoms with Crippen molar-refractivity contribution in [2.24, 2.45) is 0 Å². The Balaban J connectivity index is 2.26. The Kier molecular flexibility index (Phi) is 30.7. The number of hydrogen-bond donors (Lipinski definition) is 6. The molecule has 0 aromatic heterocycles. The molecule has 7 unspecified atom stereocenters. The molecule has 0 aliphatic carbocycles. The lowest BCUT2D eigenvalue weighted by Crippen LogP contribution is -2.60. The number of rotatable bonds is 33. The number of nitrogens with one attached hydrogen (secondary N) is 1. The monoisotopic (exact) mass is 724 g/mol. The van der Waals surface area contributed by atoms with Crippen molar-refractivity contribution < 1.29 is 39.8 Å². The van der Waals surface area contributed by atoms with Gasteiger partial charge in [0.05, 0.1) is 25.4 Å². The summed E-state index contributed by atoms with van der Waals surface area (Å²) in [6.45, 7) is 3.60. The number of carbonyl (C=O) groups excluding carboxylic acids is 1. The summed E-state index contributed by atoms with van der Waals surface area (Å²) in [6, 6.07) is -0.820. The number of aliphatic hydroxyl groups excluding tert-OH is 5. The van der Waals surface area contributed by atoms with E-state index in [0.29, 0.717) is 6.42 Å². The summed E-state index contributed by atoms with van der Waals surface area (Å²) >= 11 is 0. The van der Waals surface area contributed by atoms with Crippen LogP contribution >= 0.6 is 0 Å². The van der Waals surface area contributed by atoms with Crippen LogP contribution in [0.15, 0.2) is 36.5 Å². The Morgan fingerprint density at radius 2 is 1.12 bits per heavy atom. The van der Waals surface area contributed by atoms with Crippen LogP contribution in [-0.4, -0.2) is 87.5 Å². The quantitative estimate of drug-likeness (QED) is 0.0298. The van der Waals surface area contributed by atoms with Crippen molar-refractivity contribution in [1.29, 1.82) is 0 Å². The highest BCUT2D eigenvalue weighted by Crippen LogP contribution is 2.22. The van der Waals surface area contributed by atoms with Gasteiger partial charge in [-0.05, 0) is 44.9 Å². The maximum Gasteiger partial charge on any atom is 0.220 e. The third-order valence-corrected chi connectivity index (χ3v) is 9.70. The van der Waals surface area contributed by atoms with Crippen LogP contribution in [0.1, 0.15) is 168 Å². The molecule has 0 aromatic rings. The largest absolute Gasteiger partial charge is 0.394 e. The molecule has 298 valence electrons. The first kappa shape index (κ1) is 47.4. The van der Waals surface area contributed by atoms with Crippen LogP contribution in [0, 0.1) is 0 Å². The summed E-state index contributed by atoms with van der Waals surface area (Å²) in [5.74, 6) is -0.211. The first-order valence-electron chi connectivity index (χ1n) is 20.7. The molecule has 6 N–H and O–H groups in total. The van der Waals surface area contributed by atoms with E-state index in [2.05, 4.69) is 43.5 Å². The van der Waals surface area contributed by atoms with E-state index in [9.17, 15) is 30.3 Å². The minimum atomic E-state index is -1.57. The maximum atomic E-state index is 12.6. The van der Waals surface area contributed by atoms with E-state index in [1.54, 1.807) is 6.08 Å². The highest BCUT2D eigenvalue weighted by atomic mass is 16.7. The summed E-state index contributed by atoms with van der Waals surface area (Å²) < 4.78 is 11.1. The summed E-state index contributed by atoms with van der Waals surface area (Å²) in [4.78, 5) is 12.6. The highest BCUT2D eigenvalue weighted by Gasteiger charge is 2.44. The second-order valence-electron chi connectivity index (χ2n) is 14.4. The van der Waals surface area contributed by atoms with Crippen molar-refractivity contribution >= 4 is 5.91 Å². The van der Waals surface area contributed by atoms with Crippen LogP contribution in [0.25, 0.3) is 0 Å². The summed E-state index contributed by atoms with van der Waals surface area (Å²) in [5, 5.41) is 53.6. The fourth-order valence-corrected chi connectivity index (χ4v) is 6.30. The number of hydrogen-bond acceptors (Lipinski definition) is 8. The molecule has 1 heterocycles. The first-order valence-corrected chi connectivity index (χ1v) is 20.7. The van der Waals surface area contributed by atoms with E-state index in [0.717, 1.165) is 51.4 Å². The fourth-order valence-electron chi connectivity index (χ4n) is 6.30. The van der Waals surface area contributed by atoms with Gasteiger partial charge in [-0.3, -0.25) is 4.79 Å². The third kappa shape index (κ3) is 24.4. The molecule has 9 nitrogen and oxygen atoms in total. The Bertz CT molecular complexity index is 894. The lowest BCUT2D eigenvalue weighted by atomic mass is 9.99. The normalized spacial score (nSPS) is 22.4. The summed E-state index contributed by atoms with van der Waals surface area (Å²) in [5.41, 5.74) is 0. The SMILES string of the molecule is CCCCCCCCCCCCCCCC/C=C/CC/C=C/CC/C=C/C(O)C(COC1OC(CO)C(O)C(O)C1O)NC(=O)CCCCCC. The Morgan fingerprint density at radius 1 is 0.647 bits per heavy atom. The van der Waals surface area contributed by atoms with Crippen molar-refractivity contribution in [2.45, 2.75) is 211 Å². The van der Waals surface area contributed by atoms with Crippen molar-refractivity contribution in [3.63, 3.8) is 0 Å². The standard InChI is InChI=1S/C42H77NO8/c1-3-5-7-9-10-11-12-13-14-15-16-17-18-19-20-21-22-23-24-25-26-27-28-29-31-36(45)35(43-38(46)32-30-8-6-4-2)34-50-42-41(49)40(48)39(47)37(33-44)51-42/h21-22,25-26,29,31,35-37,39-42,44-45,47-49H,3-20,23-24,27-28,30,32-34H2,1-2H3,(H,43,46)/b22-21+,26-25+,31-29+. The maximum absolute atomic E-state index is 12.6. The van der Waals surface area contributed by atoms with Gasteiger partial charge >= 0.3 is 0 Å². The zero-order valence-corrected chi connectivity index (χ0v) is 32.4. The summed E-state index contributed by atoms with van der Waals surface area (Å²) in [6.07, 6.45) is 32.7. The number of ether oxygens (including phenoxy) is 2. The molecule has 0 spiro atoms. The first-order chi connectivity index (χ1) is 24.8. The minimum Gasteiger partial charge on any atom is -0.394 e. The smallest absolute Gasteiger partial charge is 0.220 e. The predicted molar refractivity (Wildman–Crippen MR) is 207 cm³/mol. The molecule has 51 heavy (non-hydrogen) atoms. The summed E-state index contributed by atoms with van der Waals surface area (Å²) in [7, 11) is 0. The van der Waals surface area contributed by atoms with E-state index >= 15 is 0 Å². The number of amides is 1. The van der Waals surface area contributed by atoms with Gasteiger partial charge in [-0.2, -0.15) is 0 Å². The topological polar surface area (TPSA) is 149 Å². The lowest BCUT2D eigenvalue weighted by Gasteiger charge is -2.40. The highest BCUT2D eigenvalue weighted by molar-refractivity contribution is 5.76. The van der Waals surface area contributed by atoms with E-state index in [1.807, 2.05) is 6.08 Å². The average molecular weight is 724 g/mol. The zero-order valence-electron chi connectivity index (χ0n) is 32.4. The van der Waals surface area contributed by atoms with Gasteiger partial charge in [0.15, 0.2) is 6.29 Å². The molecule has 1 rings (SSSR count). The van der Waals surface area contributed by atoms with Gasteiger partial charge in [0.1, 0.15) is 24.4 Å². The second kappa shape index (κ2) is 33.0. The van der Waals surface area contributed by atoms with Crippen LogP contribution in [-0.2, 0) is 14.3 Å². The fraction of sp³-hybridized carbons (Fsp3) is 0.833. The van der Waals surface area contributed by atoms with E-state index in [4.69, 9.17) is 9.47 Å². The molecule has 1 aliphatic heterocycles. The van der Waals surface area contributed by atoms with Crippen molar-refractivity contribution in [3.05, 3.63) is 36.5 Å². The van der Waals surface area contributed by atoms with Gasteiger partial charge in [0, 0.05) is 6.42 Å². The average Bonchev–Trinajstić information content (AvgIpc) is 3.13. The van der Waals surface area contributed by atoms with E-state index in [-0.39, 0.29) is 12.5 Å². The van der Waals surface area contributed by atoms with E-state index < -0.39 is 49.5 Å². The van der Waals surface area contributed by atoms with Gasteiger partial charge in [0.25, 0.3) is 0 Å². The third-order valence-electron chi connectivity index (χ3n) is 9.70. The number of allylic oxidation sites excluding steroid dienone is 5. The van der Waals surface area contributed by atoms with E-state index in [1.165, 1.54) is 96.3 Å². The van der Waals surface area contributed by atoms with Crippen LogP contribution in [0.5, 0.6) is 0 Å². The molecule has 1 fully saturated rings. The molecule has 1 saturated heterocycles. The Labute approximate surface area is 311 Å². The predicted octanol–water partition coefficient (Wildman–Crippen LogP) is 7.72. The Morgan fingerprint density at radius 3 is 1.65 bits per heavy atom. The van der Waals surface area contributed by atoms with Crippen LogP contribution in [0.2, 0.25) is 0 Å². The van der Waals surface area contributed by atoms with Crippen LogP contribution in [0.3, 0.4) is 0 Å². The molecule has 0 aromatic carbocycles. The van der Waals surface area contributed by atoms with Crippen LogP contribution < -0.4 is 5.32 Å². The lowest BCUT2D eigenvalue weighted by molar-refractivity contribution is -0.302. The molecule has 0 saturated carbocycles. The van der Waals surface area contributed by atoms with Crippen molar-refractivity contribution in [2.75, 3.05) is 13.2 Å². The molecule has 1 amide bonds. The van der Waals surface area contributed by atoms with Gasteiger partial charge in [0.2, 0.25) is 5.91 Å². The van der Waals surface area contributed by atoms with Gasteiger partial charge < -0.3 is 40.3 Å². The molecule has 0 bridgehead atoms. The van der Waals surface area contributed by atoms with Gasteiger partial charge in [-0.1, -0.05) is 153 Å². The minimum absolute atomic E-state index is 0.207. The number of carbonyl (C=O) groups is 1. The van der Waals surface area contributed by atoms with Gasteiger partial charge in [-0.15, -0.1) is 0 Å². The molecular weight excluding hydrogens is 646 g/mol.